The summed E-state index contributed by atoms with van der Waals surface area (Å²) in [6.07, 6.45) is 9.88. The number of nitrogens with zero attached hydrogens (tertiary/aromatic N) is 2. The first kappa shape index (κ1) is 28.5. The van der Waals surface area contributed by atoms with Gasteiger partial charge in [-0.3, -0.25) is 4.79 Å². The summed E-state index contributed by atoms with van der Waals surface area (Å²) in [7, 11) is 0. The quantitative estimate of drug-likeness (QED) is 0.176. The Morgan fingerprint density at radius 3 is 2.47 bits per heavy atom. The number of carbonyl (C=O) groups excluding carboxylic acids is 1. The van der Waals surface area contributed by atoms with E-state index in [-0.39, 0.29) is 10.8 Å². The van der Waals surface area contributed by atoms with Crippen LogP contribution in [0.2, 0.25) is 0 Å². The molecule has 248 valence electrons. The van der Waals surface area contributed by atoms with Gasteiger partial charge in [0.05, 0.1) is 28.2 Å². The Balaban J connectivity index is 1.27. The van der Waals surface area contributed by atoms with Gasteiger partial charge in [0, 0.05) is 48.9 Å². The van der Waals surface area contributed by atoms with Crippen molar-refractivity contribution in [2.75, 3.05) is 0 Å². The van der Waals surface area contributed by atoms with Gasteiger partial charge < -0.3 is 8.82 Å². The predicted molar refractivity (Wildman–Crippen MR) is 205 cm³/mol. The van der Waals surface area contributed by atoms with Crippen molar-refractivity contribution in [3.63, 3.8) is 0 Å². The zero-order chi connectivity index (χ0) is 34.0. The SMILES string of the molecule is CC12CCC(C)(CC1)c1cc3c4cc(-c5cccc6c5oc5ccccc56)cc5c6c7c(c(C#N)cc6n(c3cc1C2=O)c45)CC1CCCC7C1. The molecule has 2 fully saturated rings. The normalized spacial score (nSPS) is 25.7. The number of ketones is 1. The van der Waals surface area contributed by atoms with Gasteiger partial charge in [-0.1, -0.05) is 63.1 Å². The third kappa shape index (κ3) is 3.48. The smallest absolute Gasteiger partial charge is 0.169 e. The van der Waals surface area contributed by atoms with Crippen molar-refractivity contribution in [2.24, 2.45) is 11.3 Å². The number of hydrogen-bond donors (Lipinski definition) is 0. The van der Waals surface area contributed by atoms with Gasteiger partial charge in [0.1, 0.15) is 11.2 Å². The van der Waals surface area contributed by atoms with E-state index in [1.165, 1.54) is 69.4 Å². The van der Waals surface area contributed by atoms with Crippen molar-refractivity contribution in [1.82, 2.24) is 4.40 Å². The highest BCUT2D eigenvalue weighted by molar-refractivity contribution is 6.26. The fourth-order valence-electron chi connectivity index (χ4n) is 11.6. The van der Waals surface area contributed by atoms with E-state index in [1.807, 2.05) is 6.07 Å². The van der Waals surface area contributed by atoms with Gasteiger partial charge in [0.25, 0.3) is 0 Å². The second-order valence-corrected chi connectivity index (χ2v) is 17.2. The van der Waals surface area contributed by atoms with Crippen molar-refractivity contribution >= 4 is 65.8 Å². The number of rotatable bonds is 1. The predicted octanol–water partition coefficient (Wildman–Crippen LogP) is 12.1. The molecular weight excluding hydrogens is 625 g/mol. The van der Waals surface area contributed by atoms with Gasteiger partial charge >= 0.3 is 0 Å². The van der Waals surface area contributed by atoms with E-state index < -0.39 is 0 Å². The van der Waals surface area contributed by atoms with Crippen LogP contribution in [0.4, 0.5) is 0 Å². The van der Waals surface area contributed by atoms with Crippen LogP contribution in [-0.4, -0.2) is 10.2 Å². The molecule has 0 amide bonds. The summed E-state index contributed by atoms with van der Waals surface area (Å²) >= 11 is 0. The molecule has 2 unspecified atom stereocenters. The summed E-state index contributed by atoms with van der Waals surface area (Å²) in [4.78, 5) is 14.5. The summed E-state index contributed by atoms with van der Waals surface area (Å²) in [6, 6.07) is 29.2. The molecule has 0 N–H and O–H groups in total. The van der Waals surface area contributed by atoms with Crippen LogP contribution in [0.5, 0.6) is 0 Å². The zero-order valence-electron chi connectivity index (χ0n) is 29.2. The standard InChI is InChI=1S/C47H38N2O2/c1-46-13-15-47(2,16-14-46)45(50)35-23-38-33(22-37(35)46)34-19-27(29-10-6-11-31-30-9-3-4-12-40(30)51-44(29)31)20-36-42-39(49(38)43(34)36)21-28(24-48)32-18-25-7-5-8-26(17-25)41(32)42/h3-4,6,9-12,19-23,25-26H,5,7-8,13-18H2,1-2H3. The summed E-state index contributed by atoms with van der Waals surface area (Å²) in [5.74, 6) is 1.45. The second kappa shape index (κ2) is 9.39. The van der Waals surface area contributed by atoms with Gasteiger partial charge in [-0.05, 0) is 121 Å². The number of aromatic nitrogens is 1. The molecule has 13 rings (SSSR count). The largest absolute Gasteiger partial charge is 0.455 e. The highest BCUT2D eigenvalue weighted by Crippen LogP contribution is 2.56. The Morgan fingerprint density at radius 2 is 1.61 bits per heavy atom. The van der Waals surface area contributed by atoms with Crippen molar-refractivity contribution in [1.29, 1.82) is 5.26 Å². The molecule has 2 saturated carbocycles. The molecule has 3 aromatic heterocycles. The Hall–Kier alpha value is -5.14. The fourth-order valence-corrected chi connectivity index (χ4v) is 11.6. The van der Waals surface area contributed by atoms with Crippen LogP contribution in [0, 0.1) is 22.7 Å². The number of para-hydroxylation sites is 2. The number of hydrogen-bond acceptors (Lipinski definition) is 3. The van der Waals surface area contributed by atoms with Gasteiger partial charge in [0.15, 0.2) is 5.78 Å². The molecule has 51 heavy (non-hydrogen) atoms. The number of benzene rings is 5. The molecule has 4 heteroatoms. The minimum absolute atomic E-state index is 0.0173. The number of Topliss-reactive ketones (excluding diaryl/α,β-unsaturated/α-hetero) is 1. The number of fused-ring (bicyclic) bond motifs is 16. The van der Waals surface area contributed by atoms with E-state index in [0.29, 0.717) is 17.6 Å². The van der Waals surface area contributed by atoms with Crippen LogP contribution >= 0.6 is 0 Å². The number of nitriles is 1. The lowest BCUT2D eigenvalue weighted by Gasteiger charge is -2.38. The van der Waals surface area contributed by atoms with E-state index in [2.05, 4.69) is 91.0 Å². The van der Waals surface area contributed by atoms with Crippen LogP contribution in [-0.2, 0) is 11.8 Å². The monoisotopic (exact) mass is 662 g/mol. The minimum Gasteiger partial charge on any atom is -0.455 e. The van der Waals surface area contributed by atoms with E-state index in [0.717, 1.165) is 87.3 Å². The Kier molecular flexibility index (Phi) is 5.26. The first-order chi connectivity index (χ1) is 24.8. The molecule has 5 aromatic carbocycles. The van der Waals surface area contributed by atoms with Crippen molar-refractivity contribution in [3.8, 4) is 17.2 Å². The summed E-state index contributed by atoms with van der Waals surface area (Å²) in [5, 5.41) is 17.9. The lowest BCUT2D eigenvalue weighted by molar-refractivity contribution is 0.0732. The summed E-state index contributed by atoms with van der Waals surface area (Å²) in [5.41, 5.74) is 12.8. The van der Waals surface area contributed by atoms with Crippen molar-refractivity contribution < 1.29 is 9.21 Å². The first-order valence-corrected chi connectivity index (χ1v) is 19.1. The van der Waals surface area contributed by atoms with E-state index in [9.17, 15) is 10.1 Å². The van der Waals surface area contributed by atoms with Gasteiger partial charge in [-0.15, -0.1) is 0 Å². The number of carbonyl (C=O) groups is 1. The molecule has 4 bridgehead atoms. The molecule has 3 heterocycles. The molecule has 2 atom stereocenters. The zero-order valence-corrected chi connectivity index (χ0v) is 29.2. The third-order valence-corrected chi connectivity index (χ3v) is 14.4. The Labute approximate surface area is 296 Å². The lowest BCUT2D eigenvalue weighted by Crippen LogP contribution is -2.33. The topological polar surface area (TPSA) is 58.4 Å². The van der Waals surface area contributed by atoms with E-state index in [4.69, 9.17) is 4.42 Å². The maximum atomic E-state index is 14.5. The maximum Gasteiger partial charge on any atom is 0.169 e. The average molecular weight is 663 g/mol. The van der Waals surface area contributed by atoms with Gasteiger partial charge in [-0.25, -0.2) is 0 Å². The molecule has 0 radical (unpaired) electrons. The van der Waals surface area contributed by atoms with Gasteiger partial charge in [-0.2, -0.15) is 5.26 Å². The summed E-state index contributed by atoms with van der Waals surface area (Å²) < 4.78 is 9.06. The van der Waals surface area contributed by atoms with Crippen LogP contribution in [0.15, 0.2) is 77.2 Å². The maximum absolute atomic E-state index is 14.5. The van der Waals surface area contributed by atoms with Crippen molar-refractivity contribution in [3.05, 3.63) is 101 Å². The molecule has 8 aromatic rings. The molecule has 0 saturated heterocycles. The molecule has 0 spiro atoms. The molecule has 5 aliphatic carbocycles. The molecule has 4 nitrogen and oxygen atoms in total. The highest BCUT2D eigenvalue weighted by atomic mass is 16.3. The van der Waals surface area contributed by atoms with Gasteiger partial charge in [0.2, 0.25) is 0 Å². The number of furan rings is 1. The van der Waals surface area contributed by atoms with Crippen LogP contribution in [0.3, 0.4) is 0 Å². The van der Waals surface area contributed by atoms with E-state index in [1.54, 1.807) is 0 Å². The van der Waals surface area contributed by atoms with Crippen LogP contribution in [0.25, 0.3) is 71.2 Å². The fraction of sp³-hybridized carbons (Fsp3) is 0.319. The molecular formula is C47H38N2O2. The first-order valence-electron chi connectivity index (χ1n) is 19.1. The third-order valence-electron chi connectivity index (χ3n) is 14.4. The van der Waals surface area contributed by atoms with Crippen molar-refractivity contribution in [2.45, 2.75) is 83.0 Å². The second-order valence-electron chi connectivity index (χ2n) is 17.2. The lowest BCUT2D eigenvalue weighted by atomic mass is 9.65. The van der Waals surface area contributed by atoms with E-state index >= 15 is 0 Å². The van der Waals surface area contributed by atoms with Crippen LogP contribution in [0.1, 0.15) is 104 Å². The van der Waals surface area contributed by atoms with Crippen LogP contribution < -0.4 is 0 Å². The minimum atomic E-state index is -0.304. The highest BCUT2D eigenvalue weighted by Gasteiger charge is 2.49. The molecule has 5 aliphatic rings. The summed E-state index contributed by atoms with van der Waals surface area (Å²) in [6.45, 7) is 4.58. The Morgan fingerprint density at radius 1 is 0.804 bits per heavy atom. The average Bonchev–Trinajstić information content (AvgIpc) is 3.78. The molecule has 0 aliphatic heterocycles. The Bertz CT molecular complexity index is 2920.